The molecule has 1 aromatic heterocycles. The number of aliphatic hydroxyl groups is 1. The SMILES string of the molecule is COC(=O)Cn1cc(C(C)O)c2cc(C(C)C)ccc21. The number of methoxy groups -OCH3 is 1. The molecule has 0 aliphatic carbocycles. The van der Waals surface area contributed by atoms with Crippen molar-refractivity contribution in [3.8, 4) is 0 Å². The molecule has 1 aromatic carbocycles. The quantitative estimate of drug-likeness (QED) is 0.873. The van der Waals surface area contributed by atoms with Gasteiger partial charge in [0.1, 0.15) is 6.54 Å². The van der Waals surface area contributed by atoms with Gasteiger partial charge in [-0.1, -0.05) is 19.9 Å². The summed E-state index contributed by atoms with van der Waals surface area (Å²) in [5.41, 5.74) is 3.00. The Labute approximate surface area is 119 Å². The third-order valence-electron chi connectivity index (χ3n) is 3.58. The number of carbonyl (C=O) groups excluding carboxylic acids is 1. The van der Waals surface area contributed by atoms with E-state index in [2.05, 4.69) is 26.0 Å². The van der Waals surface area contributed by atoms with Crippen molar-refractivity contribution in [1.82, 2.24) is 4.57 Å². The van der Waals surface area contributed by atoms with E-state index in [4.69, 9.17) is 4.74 Å². The van der Waals surface area contributed by atoms with Gasteiger partial charge in [-0.15, -0.1) is 0 Å². The average Bonchev–Trinajstić information content (AvgIpc) is 2.76. The number of carbonyl (C=O) groups is 1. The molecule has 1 heterocycles. The van der Waals surface area contributed by atoms with Gasteiger partial charge in [-0.25, -0.2) is 0 Å². The second kappa shape index (κ2) is 5.67. The van der Waals surface area contributed by atoms with Crippen LogP contribution in [0.4, 0.5) is 0 Å². The topological polar surface area (TPSA) is 51.5 Å². The first-order chi connectivity index (χ1) is 9.43. The zero-order chi connectivity index (χ0) is 14.9. The van der Waals surface area contributed by atoms with Crippen LogP contribution in [-0.2, 0) is 16.1 Å². The first-order valence-corrected chi connectivity index (χ1v) is 6.81. The fraction of sp³-hybridized carbons (Fsp3) is 0.438. The minimum Gasteiger partial charge on any atom is -0.468 e. The number of hydrogen-bond donors (Lipinski definition) is 1. The van der Waals surface area contributed by atoms with Crippen molar-refractivity contribution in [2.45, 2.75) is 39.3 Å². The van der Waals surface area contributed by atoms with Crippen molar-refractivity contribution in [2.75, 3.05) is 7.11 Å². The summed E-state index contributed by atoms with van der Waals surface area (Å²) in [7, 11) is 1.38. The van der Waals surface area contributed by atoms with Gasteiger partial charge in [-0.05, 0) is 30.5 Å². The molecule has 20 heavy (non-hydrogen) atoms. The standard InChI is InChI=1S/C16H21NO3/c1-10(2)12-5-6-15-13(7-12)14(11(3)18)8-17(15)9-16(19)20-4/h5-8,10-11,18H,9H2,1-4H3. The molecular formula is C16H21NO3. The highest BCUT2D eigenvalue weighted by Crippen LogP contribution is 2.29. The van der Waals surface area contributed by atoms with Crippen molar-refractivity contribution in [1.29, 1.82) is 0 Å². The lowest BCUT2D eigenvalue weighted by atomic mass is 9.99. The second-order valence-electron chi connectivity index (χ2n) is 5.40. The fourth-order valence-electron chi connectivity index (χ4n) is 2.37. The number of benzene rings is 1. The van der Waals surface area contributed by atoms with E-state index < -0.39 is 6.10 Å². The molecule has 0 radical (unpaired) electrons. The fourth-order valence-corrected chi connectivity index (χ4v) is 2.37. The molecule has 4 nitrogen and oxygen atoms in total. The zero-order valence-electron chi connectivity index (χ0n) is 12.4. The molecule has 0 aliphatic heterocycles. The minimum atomic E-state index is -0.571. The Morgan fingerprint density at radius 3 is 2.60 bits per heavy atom. The number of aromatic nitrogens is 1. The molecule has 0 amide bonds. The molecular weight excluding hydrogens is 254 g/mol. The van der Waals surface area contributed by atoms with Gasteiger partial charge >= 0.3 is 5.97 Å². The van der Waals surface area contributed by atoms with Gasteiger partial charge in [0.15, 0.2) is 0 Å². The Kier molecular flexibility index (Phi) is 4.14. The van der Waals surface area contributed by atoms with Crippen LogP contribution in [0.5, 0.6) is 0 Å². The molecule has 0 saturated heterocycles. The zero-order valence-corrected chi connectivity index (χ0v) is 12.4. The van der Waals surface area contributed by atoms with Crippen LogP contribution in [0.1, 0.15) is 43.9 Å². The molecule has 1 unspecified atom stereocenters. The Hall–Kier alpha value is -1.81. The lowest BCUT2D eigenvalue weighted by Crippen LogP contribution is -2.10. The Bertz CT molecular complexity index is 626. The van der Waals surface area contributed by atoms with Crippen LogP contribution < -0.4 is 0 Å². The van der Waals surface area contributed by atoms with Gasteiger partial charge in [-0.3, -0.25) is 4.79 Å². The van der Waals surface area contributed by atoms with Crippen molar-refractivity contribution in [2.24, 2.45) is 0 Å². The van der Waals surface area contributed by atoms with Crippen molar-refractivity contribution >= 4 is 16.9 Å². The molecule has 0 bridgehead atoms. The van der Waals surface area contributed by atoms with Crippen LogP contribution in [0.15, 0.2) is 24.4 Å². The summed E-state index contributed by atoms with van der Waals surface area (Å²) in [5, 5.41) is 10.9. The molecule has 4 heteroatoms. The summed E-state index contributed by atoms with van der Waals surface area (Å²) in [6.45, 7) is 6.16. The summed E-state index contributed by atoms with van der Waals surface area (Å²) < 4.78 is 6.54. The van der Waals surface area contributed by atoms with Crippen LogP contribution in [0.2, 0.25) is 0 Å². The molecule has 1 N–H and O–H groups in total. The molecule has 0 spiro atoms. The van der Waals surface area contributed by atoms with Crippen molar-refractivity contribution in [3.05, 3.63) is 35.5 Å². The molecule has 0 saturated carbocycles. The Balaban J connectivity index is 2.58. The number of rotatable bonds is 4. The van der Waals surface area contributed by atoms with E-state index in [9.17, 15) is 9.90 Å². The van der Waals surface area contributed by atoms with E-state index in [0.29, 0.717) is 5.92 Å². The van der Waals surface area contributed by atoms with E-state index in [1.165, 1.54) is 12.7 Å². The molecule has 108 valence electrons. The van der Waals surface area contributed by atoms with Crippen LogP contribution >= 0.6 is 0 Å². The van der Waals surface area contributed by atoms with Gasteiger partial charge in [0.2, 0.25) is 0 Å². The second-order valence-corrected chi connectivity index (χ2v) is 5.40. The largest absolute Gasteiger partial charge is 0.468 e. The summed E-state index contributed by atoms with van der Waals surface area (Å²) in [5.74, 6) is 0.122. The lowest BCUT2D eigenvalue weighted by Gasteiger charge is -2.08. The third kappa shape index (κ3) is 2.70. The smallest absolute Gasteiger partial charge is 0.325 e. The van der Waals surface area contributed by atoms with Gasteiger partial charge in [0.25, 0.3) is 0 Å². The lowest BCUT2D eigenvalue weighted by molar-refractivity contribution is -0.141. The van der Waals surface area contributed by atoms with Gasteiger partial charge in [0.05, 0.1) is 13.2 Å². The summed E-state index contributed by atoms with van der Waals surface area (Å²) in [6, 6.07) is 6.15. The molecule has 2 rings (SSSR count). The highest BCUT2D eigenvalue weighted by molar-refractivity contribution is 5.86. The van der Waals surface area contributed by atoms with Crippen molar-refractivity contribution < 1.29 is 14.6 Å². The van der Waals surface area contributed by atoms with Gasteiger partial charge < -0.3 is 14.4 Å². The van der Waals surface area contributed by atoms with E-state index in [1.54, 1.807) is 6.92 Å². The van der Waals surface area contributed by atoms with E-state index in [0.717, 1.165) is 16.5 Å². The van der Waals surface area contributed by atoms with Crippen LogP contribution in [0.25, 0.3) is 10.9 Å². The number of fused-ring (bicyclic) bond motifs is 1. The molecule has 0 fully saturated rings. The van der Waals surface area contributed by atoms with Crippen LogP contribution in [0, 0.1) is 0 Å². The van der Waals surface area contributed by atoms with Crippen LogP contribution in [-0.4, -0.2) is 22.8 Å². The van der Waals surface area contributed by atoms with E-state index in [1.807, 2.05) is 16.8 Å². The summed E-state index contributed by atoms with van der Waals surface area (Å²) in [6.07, 6.45) is 1.26. The minimum absolute atomic E-state index is 0.154. The monoisotopic (exact) mass is 275 g/mol. The summed E-state index contributed by atoms with van der Waals surface area (Å²) >= 11 is 0. The number of aliphatic hydroxyl groups excluding tert-OH is 1. The van der Waals surface area contributed by atoms with E-state index >= 15 is 0 Å². The molecule has 0 aliphatic rings. The highest BCUT2D eigenvalue weighted by atomic mass is 16.5. The number of ether oxygens (including phenoxy) is 1. The number of nitrogens with zero attached hydrogens (tertiary/aromatic N) is 1. The van der Waals surface area contributed by atoms with Gasteiger partial charge in [-0.2, -0.15) is 0 Å². The predicted octanol–water partition coefficient (Wildman–Crippen LogP) is 2.99. The number of hydrogen-bond acceptors (Lipinski definition) is 3. The first-order valence-electron chi connectivity index (χ1n) is 6.81. The average molecular weight is 275 g/mol. The molecule has 2 aromatic rings. The van der Waals surface area contributed by atoms with Crippen LogP contribution in [0.3, 0.4) is 0 Å². The third-order valence-corrected chi connectivity index (χ3v) is 3.58. The maximum Gasteiger partial charge on any atom is 0.325 e. The molecule has 1 atom stereocenters. The predicted molar refractivity (Wildman–Crippen MR) is 78.7 cm³/mol. The highest BCUT2D eigenvalue weighted by Gasteiger charge is 2.15. The normalized spacial score (nSPS) is 12.9. The maximum absolute atomic E-state index is 11.5. The van der Waals surface area contributed by atoms with Crippen molar-refractivity contribution in [3.63, 3.8) is 0 Å². The maximum atomic E-state index is 11.5. The Morgan fingerprint density at radius 2 is 2.05 bits per heavy atom. The summed E-state index contributed by atoms with van der Waals surface area (Å²) in [4.78, 5) is 11.5. The first kappa shape index (κ1) is 14.6. The van der Waals surface area contributed by atoms with E-state index in [-0.39, 0.29) is 12.5 Å². The Morgan fingerprint density at radius 1 is 1.35 bits per heavy atom. The number of esters is 1. The van der Waals surface area contributed by atoms with Gasteiger partial charge in [0, 0.05) is 22.7 Å².